The molecule has 36 heavy (non-hydrogen) atoms. The molecule has 1 aliphatic carbocycles. The third-order valence-electron chi connectivity index (χ3n) is 7.38. The Hall–Kier alpha value is -3.12. The maximum atomic E-state index is 13.8. The van der Waals surface area contributed by atoms with Crippen molar-refractivity contribution in [3.05, 3.63) is 30.0 Å². The number of aromatic amines is 1. The van der Waals surface area contributed by atoms with E-state index in [1.807, 2.05) is 18.2 Å². The Morgan fingerprint density at radius 1 is 1.25 bits per heavy atom. The Morgan fingerprint density at radius 2 is 2.08 bits per heavy atom. The fourth-order valence-corrected chi connectivity index (χ4v) is 7.75. The molecule has 3 aliphatic rings. The lowest BCUT2D eigenvalue weighted by Gasteiger charge is -2.32. The minimum absolute atomic E-state index is 0.120. The Morgan fingerprint density at radius 3 is 2.78 bits per heavy atom. The molecule has 11 heteroatoms. The predicted molar refractivity (Wildman–Crippen MR) is 139 cm³/mol. The van der Waals surface area contributed by atoms with E-state index < -0.39 is 7.14 Å². The van der Waals surface area contributed by atoms with Crippen molar-refractivity contribution in [1.82, 2.24) is 19.9 Å². The molecule has 3 aromatic rings. The number of H-pyrrole nitrogens is 1. The zero-order valence-corrected chi connectivity index (χ0v) is 21.2. The van der Waals surface area contributed by atoms with Crippen molar-refractivity contribution < 1.29 is 14.0 Å². The summed E-state index contributed by atoms with van der Waals surface area (Å²) in [6.45, 7) is 3.09. The SMILES string of the molecule is COc1cc(P2(=O)CCN(C3CC3)CC2)ccc1Nc1nc(N[C@H]2CCOC2)c2c(C#N)c[nH]c2n1. The number of ether oxygens (including phenoxy) is 2. The van der Waals surface area contributed by atoms with Crippen LogP contribution in [-0.4, -0.2) is 77.7 Å². The van der Waals surface area contributed by atoms with Crippen LogP contribution in [0, 0.1) is 11.3 Å². The van der Waals surface area contributed by atoms with E-state index in [9.17, 15) is 9.83 Å². The first-order valence-corrected chi connectivity index (χ1v) is 14.6. The largest absolute Gasteiger partial charge is 0.495 e. The summed E-state index contributed by atoms with van der Waals surface area (Å²) in [6, 6.07) is 8.76. The van der Waals surface area contributed by atoms with E-state index in [1.165, 1.54) is 12.8 Å². The molecule has 188 valence electrons. The summed E-state index contributed by atoms with van der Waals surface area (Å²) in [7, 11) is -0.846. The molecule has 1 atom stereocenters. The van der Waals surface area contributed by atoms with Crippen LogP contribution in [0.2, 0.25) is 0 Å². The fourth-order valence-electron chi connectivity index (χ4n) is 5.15. The second-order valence-corrected chi connectivity index (χ2v) is 12.9. The quantitative estimate of drug-likeness (QED) is 0.413. The lowest BCUT2D eigenvalue weighted by Crippen LogP contribution is -2.38. The number of benzene rings is 1. The average molecular weight is 508 g/mol. The molecule has 0 radical (unpaired) electrons. The molecule has 0 spiro atoms. The van der Waals surface area contributed by atoms with Crippen molar-refractivity contribution in [3.8, 4) is 11.8 Å². The maximum absolute atomic E-state index is 13.8. The smallest absolute Gasteiger partial charge is 0.231 e. The van der Waals surface area contributed by atoms with E-state index >= 15 is 0 Å². The van der Waals surface area contributed by atoms with Gasteiger partial charge >= 0.3 is 0 Å². The highest BCUT2D eigenvalue weighted by molar-refractivity contribution is 7.71. The number of anilines is 3. The van der Waals surface area contributed by atoms with Crippen LogP contribution in [0.4, 0.5) is 17.5 Å². The van der Waals surface area contributed by atoms with Gasteiger partial charge in [0, 0.05) is 49.6 Å². The monoisotopic (exact) mass is 507 g/mol. The lowest BCUT2D eigenvalue weighted by atomic mass is 10.2. The summed E-state index contributed by atoms with van der Waals surface area (Å²) < 4.78 is 24.9. The van der Waals surface area contributed by atoms with Gasteiger partial charge in [0.2, 0.25) is 5.95 Å². The van der Waals surface area contributed by atoms with Crippen LogP contribution in [0.3, 0.4) is 0 Å². The standard InChI is InChI=1S/C25H30N7O3P/c1-34-21-12-19(36(33)10-7-32(8-11-36)18-2-3-18)4-5-20(21)29-25-30-23-22(16(13-26)14-27-23)24(31-25)28-17-6-9-35-15-17/h4-5,12,14,17-18H,2-3,6-11,15H2,1H3,(H3,27,28,29,30,31)/t17-/m0/s1. The van der Waals surface area contributed by atoms with Crippen molar-refractivity contribution in [2.24, 2.45) is 0 Å². The Labute approximate surface area is 209 Å². The summed E-state index contributed by atoms with van der Waals surface area (Å²) in [5.41, 5.74) is 1.73. The number of fused-ring (bicyclic) bond motifs is 1. The summed E-state index contributed by atoms with van der Waals surface area (Å²) >= 11 is 0. The van der Waals surface area contributed by atoms with Gasteiger partial charge in [-0.1, -0.05) is 0 Å². The third kappa shape index (κ3) is 4.43. The first-order valence-electron chi connectivity index (χ1n) is 12.5. The Balaban J connectivity index is 1.27. The second-order valence-electron chi connectivity index (χ2n) is 9.75. The van der Waals surface area contributed by atoms with Gasteiger partial charge < -0.3 is 29.7 Å². The highest BCUT2D eigenvalue weighted by Gasteiger charge is 2.37. The minimum Gasteiger partial charge on any atom is -0.495 e. The number of hydrogen-bond acceptors (Lipinski definition) is 9. The third-order valence-corrected chi connectivity index (χ3v) is 10.4. The minimum atomic E-state index is -2.45. The first kappa shape index (κ1) is 23.3. The molecule has 2 aliphatic heterocycles. The van der Waals surface area contributed by atoms with Crippen LogP contribution in [0.15, 0.2) is 24.4 Å². The molecule has 0 bridgehead atoms. The first-order chi connectivity index (χ1) is 17.6. The summed E-state index contributed by atoms with van der Waals surface area (Å²) in [5.74, 6) is 1.54. The van der Waals surface area contributed by atoms with Gasteiger partial charge in [-0.15, -0.1) is 0 Å². The molecule has 4 heterocycles. The van der Waals surface area contributed by atoms with Crippen LogP contribution >= 0.6 is 7.14 Å². The van der Waals surface area contributed by atoms with E-state index in [0.29, 0.717) is 71.4 Å². The van der Waals surface area contributed by atoms with Crippen LogP contribution in [0.1, 0.15) is 24.8 Å². The highest BCUT2D eigenvalue weighted by Crippen LogP contribution is 2.49. The van der Waals surface area contributed by atoms with Gasteiger partial charge in [0.15, 0.2) is 0 Å². The Bertz CT molecular complexity index is 1360. The highest BCUT2D eigenvalue weighted by atomic mass is 31.2. The maximum Gasteiger partial charge on any atom is 0.231 e. The van der Waals surface area contributed by atoms with Crippen molar-refractivity contribution in [3.63, 3.8) is 0 Å². The molecule has 1 aromatic carbocycles. The molecule has 2 saturated heterocycles. The van der Waals surface area contributed by atoms with Gasteiger partial charge in [0.25, 0.3) is 0 Å². The zero-order chi connectivity index (χ0) is 24.7. The van der Waals surface area contributed by atoms with Crippen LogP contribution in [-0.2, 0) is 9.30 Å². The molecule has 10 nitrogen and oxygen atoms in total. The molecule has 3 fully saturated rings. The average Bonchev–Trinajstić information content (AvgIpc) is 3.45. The molecule has 6 rings (SSSR count). The molecule has 1 saturated carbocycles. The van der Waals surface area contributed by atoms with Crippen LogP contribution in [0.5, 0.6) is 5.75 Å². The molecule has 0 amide bonds. The molecular formula is C25H30N7O3P. The molecule has 3 N–H and O–H groups in total. The van der Waals surface area contributed by atoms with E-state index in [2.05, 4.69) is 31.6 Å². The Kier molecular flexibility index (Phi) is 6.08. The van der Waals surface area contributed by atoms with Crippen LogP contribution in [0.25, 0.3) is 11.0 Å². The molecule has 0 unspecified atom stereocenters. The normalized spacial score (nSPS) is 21.8. The zero-order valence-electron chi connectivity index (χ0n) is 20.3. The van der Waals surface area contributed by atoms with Crippen molar-refractivity contribution in [1.29, 1.82) is 5.26 Å². The number of nitriles is 1. The number of aromatic nitrogens is 3. The van der Waals surface area contributed by atoms with E-state index in [0.717, 1.165) is 24.8 Å². The number of nitrogens with zero attached hydrogens (tertiary/aromatic N) is 4. The summed E-state index contributed by atoms with van der Waals surface area (Å²) in [4.78, 5) is 14.8. The van der Waals surface area contributed by atoms with Crippen LogP contribution < -0.4 is 20.7 Å². The van der Waals surface area contributed by atoms with Gasteiger partial charge in [0.1, 0.15) is 30.4 Å². The van der Waals surface area contributed by atoms with Gasteiger partial charge in [0.05, 0.1) is 36.4 Å². The second kappa shape index (κ2) is 9.40. The fraction of sp³-hybridized carbons (Fsp3) is 0.480. The lowest BCUT2D eigenvalue weighted by molar-refractivity contribution is 0.195. The number of hydrogen-bond donors (Lipinski definition) is 3. The molecule has 2 aromatic heterocycles. The summed E-state index contributed by atoms with van der Waals surface area (Å²) in [6.07, 6.45) is 6.49. The van der Waals surface area contributed by atoms with Gasteiger partial charge in [-0.25, -0.2) is 0 Å². The van der Waals surface area contributed by atoms with Crippen molar-refractivity contribution >= 4 is 40.9 Å². The van der Waals surface area contributed by atoms with E-state index in [4.69, 9.17) is 14.5 Å². The topological polar surface area (TPSA) is 128 Å². The van der Waals surface area contributed by atoms with Gasteiger partial charge in [-0.2, -0.15) is 15.2 Å². The van der Waals surface area contributed by atoms with Crippen molar-refractivity contribution in [2.75, 3.05) is 56.4 Å². The predicted octanol–water partition coefficient (Wildman–Crippen LogP) is 3.25. The summed E-state index contributed by atoms with van der Waals surface area (Å²) in [5, 5.41) is 17.7. The molecular weight excluding hydrogens is 477 g/mol. The van der Waals surface area contributed by atoms with Gasteiger partial charge in [-0.05, 0) is 37.5 Å². The number of methoxy groups -OCH3 is 1. The van der Waals surface area contributed by atoms with Gasteiger partial charge in [-0.3, -0.25) is 4.90 Å². The van der Waals surface area contributed by atoms with E-state index in [1.54, 1.807) is 13.3 Å². The van der Waals surface area contributed by atoms with E-state index in [-0.39, 0.29) is 6.04 Å². The van der Waals surface area contributed by atoms with Crippen molar-refractivity contribution in [2.45, 2.75) is 31.3 Å². The number of rotatable bonds is 7. The number of nitrogens with one attached hydrogen (secondary N) is 3.